The number of hydrogen-bond acceptors (Lipinski definition) is 2. The molecule has 0 fully saturated rings. The number of carbonyl (C=O) groups excluding carboxylic acids is 2. The highest BCUT2D eigenvalue weighted by molar-refractivity contribution is 5.87. The van der Waals surface area contributed by atoms with Gasteiger partial charge in [-0.3, -0.25) is 9.59 Å². The van der Waals surface area contributed by atoms with E-state index in [0.29, 0.717) is 25.9 Å². The van der Waals surface area contributed by atoms with Crippen molar-refractivity contribution in [2.75, 3.05) is 6.54 Å². The van der Waals surface area contributed by atoms with Crippen LogP contribution in [0.5, 0.6) is 0 Å². The largest absolute Gasteiger partial charge is 0.355 e. The van der Waals surface area contributed by atoms with Gasteiger partial charge in [-0.15, -0.1) is 0 Å². The van der Waals surface area contributed by atoms with Crippen molar-refractivity contribution in [1.29, 1.82) is 0 Å². The third kappa shape index (κ3) is 5.75. The Balaban J connectivity index is 2.09. The Morgan fingerprint density at radius 3 is 2.08 bits per heavy atom. The van der Waals surface area contributed by atoms with E-state index in [0.717, 1.165) is 11.1 Å². The lowest BCUT2D eigenvalue weighted by Gasteiger charge is -2.28. The second-order valence-corrected chi connectivity index (χ2v) is 6.06. The predicted octanol–water partition coefficient (Wildman–Crippen LogP) is 3.17. The second kappa shape index (κ2) is 9.62. The van der Waals surface area contributed by atoms with Gasteiger partial charge in [-0.2, -0.15) is 0 Å². The maximum atomic E-state index is 12.8. The minimum Gasteiger partial charge on any atom is -0.355 e. The number of amides is 2. The molecule has 2 rings (SSSR count). The van der Waals surface area contributed by atoms with Crippen molar-refractivity contribution in [2.45, 2.75) is 39.3 Å². The van der Waals surface area contributed by atoms with Crippen molar-refractivity contribution < 1.29 is 9.59 Å². The minimum atomic E-state index is -0.497. The molecule has 0 unspecified atom stereocenters. The molecule has 4 heteroatoms. The van der Waals surface area contributed by atoms with Crippen LogP contribution < -0.4 is 5.32 Å². The van der Waals surface area contributed by atoms with Gasteiger partial charge in [0.2, 0.25) is 11.8 Å². The summed E-state index contributed by atoms with van der Waals surface area (Å²) in [5.41, 5.74) is 2.15. The summed E-state index contributed by atoms with van der Waals surface area (Å²) in [6.45, 7) is 4.66. The summed E-state index contributed by atoms with van der Waals surface area (Å²) in [7, 11) is 0. The van der Waals surface area contributed by atoms with Crippen molar-refractivity contribution in [3.63, 3.8) is 0 Å². The highest BCUT2D eigenvalue weighted by atomic mass is 16.2. The maximum absolute atomic E-state index is 12.8. The molecule has 0 saturated heterocycles. The van der Waals surface area contributed by atoms with E-state index >= 15 is 0 Å². The van der Waals surface area contributed by atoms with E-state index in [1.165, 1.54) is 0 Å². The molecule has 0 bridgehead atoms. The van der Waals surface area contributed by atoms with E-state index in [2.05, 4.69) is 5.32 Å². The number of nitrogens with zero attached hydrogens (tertiary/aromatic N) is 1. The topological polar surface area (TPSA) is 49.4 Å². The van der Waals surface area contributed by atoms with Gasteiger partial charge >= 0.3 is 0 Å². The molecule has 0 spiro atoms. The van der Waals surface area contributed by atoms with Gasteiger partial charge in [0.25, 0.3) is 0 Å². The first-order valence-corrected chi connectivity index (χ1v) is 8.76. The summed E-state index contributed by atoms with van der Waals surface area (Å²) >= 11 is 0. The molecule has 132 valence electrons. The first-order valence-electron chi connectivity index (χ1n) is 8.76. The Morgan fingerprint density at radius 1 is 0.960 bits per heavy atom. The molecular formula is C21H26N2O2. The van der Waals surface area contributed by atoms with Gasteiger partial charge < -0.3 is 10.2 Å². The first kappa shape index (κ1) is 18.7. The van der Waals surface area contributed by atoms with E-state index in [-0.39, 0.29) is 11.8 Å². The Morgan fingerprint density at radius 2 is 1.52 bits per heavy atom. The molecule has 25 heavy (non-hydrogen) atoms. The number of nitrogens with one attached hydrogen (secondary N) is 1. The van der Waals surface area contributed by atoms with Crippen LogP contribution in [0.1, 0.15) is 31.4 Å². The summed E-state index contributed by atoms with van der Waals surface area (Å²) in [6.07, 6.45) is 1.06. The molecule has 0 aliphatic rings. The van der Waals surface area contributed by atoms with Crippen molar-refractivity contribution in [1.82, 2.24) is 10.2 Å². The Bertz CT molecular complexity index is 671. The van der Waals surface area contributed by atoms with Gasteiger partial charge in [-0.25, -0.2) is 0 Å². The van der Waals surface area contributed by atoms with Gasteiger partial charge in [0.1, 0.15) is 6.04 Å². The van der Waals surface area contributed by atoms with Gasteiger partial charge in [0, 0.05) is 19.5 Å². The molecule has 1 atom stereocenters. The smallest absolute Gasteiger partial charge is 0.242 e. The normalized spacial score (nSPS) is 11.6. The zero-order valence-corrected chi connectivity index (χ0v) is 14.9. The number of carbonyl (C=O) groups is 2. The summed E-state index contributed by atoms with van der Waals surface area (Å²) in [6, 6.07) is 19.2. The molecule has 0 aromatic heterocycles. The second-order valence-electron chi connectivity index (χ2n) is 6.06. The highest BCUT2D eigenvalue weighted by Crippen LogP contribution is 2.13. The van der Waals surface area contributed by atoms with Crippen molar-refractivity contribution >= 4 is 11.8 Å². The average Bonchev–Trinajstić information content (AvgIpc) is 2.65. The predicted molar refractivity (Wildman–Crippen MR) is 99.9 cm³/mol. The number of rotatable bonds is 8. The molecule has 2 amide bonds. The summed E-state index contributed by atoms with van der Waals surface area (Å²) in [5.74, 6) is -0.127. The van der Waals surface area contributed by atoms with Crippen LogP contribution in [0.15, 0.2) is 60.7 Å². The molecule has 0 heterocycles. The van der Waals surface area contributed by atoms with Crippen LogP contribution in [0.25, 0.3) is 0 Å². The first-order chi connectivity index (χ1) is 12.1. The van der Waals surface area contributed by atoms with Gasteiger partial charge in [-0.1, -0.05) is 60.7 Å². The van der Waals surface area contributed by atoms with E-state index in [1.807, 2.05) is 67.6 Å². The van der Waals surface area contributed by atoms with E-state index in [1.54, 1.807) is 11.8 Å². The Kier molecular flexibility index (Phi) is 7.20. The zero-order valence-electron chi connectivity index (χ0n) is 14.9. The van der Waals surface area contributed by atoms with Crippen LogP contribution in [-0.2, 0) is 22.6 Å². The van der Waals surface area contributed by atoms with Crippen LogP contribution in [0.2, 0.25) is 0 Å². The van der Waals surface area contributed by atoms with Crippen LogP contribution >= 0.6 is 0 Å². The lowest BCUT2D eigenvalue weighted by atomic mass is 10.1. The van der Waals surface area contributed by atoms with E-state index in [9.17, 15) is 9.59 Å². The quantitative estimate of drug-likeness (QED) is 0.804. The fraction of sp³-hybridized carbons (Fsp3) is 0.333. The third-order valence-corrected chi connectivity index (χ3v) is 4.18. The van der Waals surface area contributed by atoms with Crippen molar-refractivity contribution in [3.05, 3.63) is 71.8 Å². The molecule has 0 saturated carbocycles. The summed E-state index contributed by atoms with van der Waals surface area (Å²) < 4.78 is 0. The molecular weight excluding hydrogens is 312 g/mol. The van der Waals surface area contributed by atoms with E-state index in [4.69, 9.17) is 0 Å². The van der Waals surface area contributed by atoms with E-state index < -0.39 is 6.04 Å². The number of hydrogen-bond donors (Lipinski definition) is 1. The molecule has 0 radical (unpaired) electrons. The Hall–Kier alpha value is -2.62. The SMILES string of the molecule is CCNC(=O)[C@H](C)N(Cc1ccccc1)C(=O)CCc1ccccc1. The lowest BCUT2D eigenvalue weighted by Crippen LogP contribution is -2.47. The summed E-state index contributed by atoms with van der Waals surface area (Å²) in [4.78, 5) is 26.7. The number of benzene rings is 2. The summed E-state index contributed by atoms with van der Waals surface area (Å²) in [5, 5.41) is 2.81. The maximum Gasteiger partial charge on any atom is 0.242 e. The molecule has 0 aliphatic carbocycles. The lowest BCUT2D eigenvalue weighted by molar-refractivity contribution is -0.140. The van der Waals surface area contributed by atoms with Gasteiger partial charge in [-0.05, 0) is 31.4 Å². The average molecular weight is 338 g/mol. The molecule has 2 aromatic rings. The molecule has 1 N–H and O–H groups in total. The monoisotopic (exact) mass is 338 g/mol. The van der Waals surface area contributed by atoms with Gasteiger partial charge in [0.05, 0.1) is 0 Å². The van der Waals surface area contributed by atoms with Crippen LogP contribution in [-0.4, -0.2) is 29.3 Å². The van der Waals surface area contributed by atoms with Gasteiger partial charge in [0.15, 0.2) is 0 Å². The highest BCUT2D eigenvalue weighted by Gasteiger charge is 2.25. The van der Waals surface area contributed by atoms with Crippen molar-refractivity contribution in [3.8, 4) is 0 Å². The van der Waals surface area contributed by atoms with Crippen molar-refractivity contribution in [2.24, 2.45) is 0 Å². The van der Waals surface area contributed by atoms with Crippen LogP contribution in [0.4, 0.5) is 0 Å². The zero-order chi connectivity index (χ0) is 18.1. The number of aryl methyl sites for hydroxylation is 1. The standard InChI is InChI=1S/C21H26N2O2/c1-3-22-21(25)17(2)23(16-19-12-8-5-9-13-19)20(24)15-14-18-10-6-4-7-11-18/h4-13,17H,3,14-16H2,1-2H3,(H,22,25)/t17-/m0/s1. The fourth-order valence-electron chi connectivity index (χ4n) is 2.72. The fourth-order valence-corrected chi connectivity index (χ4v) is 2.72. The molecule has 4 nitrogen and oxygen atoms in total. The third-order valence-electron chi connectivity index (χ3n) is 4.18. The Labute approximate surface area is 149 Å². The minimum absolute atomic E-state index is 0.00791. The number of likely N-dealkylation sites (N-methyl/N-ethyl adjacent to an activating group) is 1. The van der Waals surface area contributed by atoms with Crippen LogP contribution in [0, 0.1) is 0 Å². The molecule has 0 aliphatic heterocycles. The van der Waals surface area contributed by atoms with Crippen LogP contribution in [0.3, 0.4) is 0 Å². The molecule has 2 aromatic carbocycles.